The van der Waals surface area contributed by atoms with Crippen molar-refractivity contribution in [2.24, 2.45) is 0 Å². The third-order valence-electron chi connectivity index (χ3n) is 3.99. The molecule has 0 saturated heterocycles. The molecule has 0 aliphatic rings. The van der Waals surface area contributed by atoms with E-state index in [1.165, 1.54) is 5.56 Å². The van der Waals surface area contributed by atoms with Crippen molar-refractivity contribution >= 4 is 11.7 Å². The predicted octanol–water partition coefficient (Wildman–Crippen LogP) is 3.51. The first-order chi connectivity index (χ1) is 12.0. The Labute approximate surface area is 146 Å². The van der Waals surface area contributed by atoms with Gasteiger partial charge in [-0.1, -0.05) is 23.8 Å². The number of carbonyl (C=O) groups is 1. The van der Waals surface area contributed by atoms with E-state index in [-0.39, 0.29) is 6.03 Å². The van der Waals surface area contributed by atoms with E-state index in [4.69, 9.17) is 0 Å². The molecule has 3 aromatic rings. The van der Waals surface area contributed by atoms with Gasteiger partial charge in [0, 0.05) is 36.4 Å². The van der Waals surface area contributed by atoms with Gasteiger partial charge in [-0.2, -0.15) is 0 Å². The van der Waals surface area contributed by atoms with Crippen LogP contribution >= 0.6 is 0 Å². The quantitative estimate of drug-likeness (QED) is 0.766. The van der Waals surface area contributed by atoms with Crippen LogP contribution in [0.1, 0.15) is 22.5 Å². The molecule has 2 heterocycles. The average molecular weight is 335 g/mol. The number of amides is 2. The fourth-order valence-electron chi connectivity index (χ4n) is 2.68. The van der Waals surface area contributed by atoms with Crippen LogP contribution < -0.4 is 10.6 Å². The Hall–Kier alpha value is -3.15. The Kier molecular flexibility index (Phi) is 4.79. The van der Waals surface area contributed by atoms with Gasteiger partial charge in [-0.15, -0.1) is 0 Å². The Balaban J connectivity index is 1.70. The van der Waals surface area contributed by atoms with Gasteiger partial charge >= 0.3 is 6.03 Å². The zero-order valence-electron chi connectivity index (χ0n) is 14.6. The third-order valence-corrected chi connectivity index (χ3v) is 3.99. The number of hydrogen-bond acceptors (Lipinski definition) is 3. The van der Waals surface area contributed by atoms with Crippen molar-refractivity contribution in [1.29, 1.82) is 0 Å². The lowest BCUT2D eigenvalue weighted by molar-refractivity contribution is 0.251. The normalized spacial score (nSPS) is 10.5. The Morgan fingerprint density at radius 1 is 1.12 bits per heavy atom. The maximum absolute atomic E-state index is 12.2. The van der Waals surface area contributed by atoms with Crippen LogP contribution in [-0.2, 0) is 6.54 Å². The molecule has 0 saturated carbocycles. The summed E-state index contributed by atoms with van der Waals surface area (Å²) in [6.45, 7) is 6.29. The Bertz CT molecular complexity index is 900. The Morgan fingerprint density at radius 2 is 1.96 bits per heavy atom. The number of anilines is 1. The second-order valence-corrected chi connectivity index (χ2v) is 5.96. The lowest BCUT2D eigenvalue weighted by Gasteiger charge is -2.13. The van der Waals surface area contributed by atoms with E-state index in [9.17, 15) is 4.79 Å². The summed E-state index contributed by atoms with van der Waals surface area (Å²) in [6, 6.07) is 9.48. The van der Waals surface area contributed by atoms with Crippen LogP contribution in [0.4, 0.5) is 10.5 Å². The number of aromatic nitrogens is 3. The molecule has 0 aliphatic heterocycles. The first-order valence-electron chi connectivity index (χ1n) is 8.11. The van der Waals surface area contributed by atoms with Gasteiger partial charge in [-0.25, -0.2) is 14.8 Å². The molecule has 2 aromatic heterocycles. The standard InChI is InChI=1S/C19H21N5O/c1-13-6-7-17(14(2)11-13)23-19(25)22-12-16-5-4-8-21-18(16)24-10-9-20-15(24)3/h4-11H,12H2,1-3H3,(H2,22,23,25). The maximum atomic E-state index is 12.2. The molecule has 128 valence electrons. The van der Waals surface area contributed by atoms with Crippen molar-refractivity contribution in [1.82, 2.24) is 19.9 Å². The summed E-state index contributed by atoms with van der Waals surface area (Å²) in [7, 11) is 0. The number of imidazole rings is 1. The van der Waals surface area contributed by atoms with Crippen molar-refractivity contribution in [3.63, 3.8) is 0 Å². The molecule has 3 rings (SSSR count). The summed E-state index contributed by atoms with van der Waals surface area (Å²) in [6.07, 6.45) is 5.32. The highest BCUT2D eigenvalue weighted by Crippen LogP contribution is 2.16. The van der Waals surface area contributed by atoms with Crippen LogP contribution in [0.15, 0.2) is 48.9 Å². The fraction of sp³-hybridized carbons (Fsp3) is 0.211. The fourth-order valence-corrected chi connectivity index (χ4v) is 2.68. The van der Waals surface area contributed by atoms with Crippen LogP contribution in [-0.4, -0.2) is 20.6 Å². The molecule has 0 fully saturated rings. The second kappa shape index (κ2) is 7.17. The second-order valence-electron chi connectivity index (χ2n) is 5.96. The minimum atomic E-state index is -0.246. The van der Waals surface area contributed by atoms with E-state index in [0.29, 0.717) is 6.54 Å². The van der Waals surface area contributed by atoms with Gasteiger partial charge in [0.15, 0.2) is 0 Å². The summed E-state index contributed by atoms with van der Waals surface area (Å²) < 4.78 is 1.90. The monoisotopic (exact) mass is 335 g/mol. The summed E-state index contributed by atoms with van der Waals surface area (Å²) in [5.41, 5.74) is 3.92. The number of pyridine rings is 1. The number of carbonyl (C=O) groups excluding carboxylic acids is 1. The topological polar surface area (TPSA) is 71.8 Å². The molecule has 0 spiro atoms. The van der Waals surface area contributed by atoms with Crippen molar-refractivity contribution in [3.8, 4) is 5.82 Å². The van der Waals surface area contributed by atoms with Gasteiger partial charge < -0.3 is 10.6 Å². The molecule has 0 radical (unpaired) electrons. The number of nitrogens with zero attached hydrogens (tertiary/aromatic N) is 3. The number of hydrogen-bond donors (Lipinski definition) is 2. The minimum Gasteiger partial charge on any atom is -0.334 e. The van der Waals surface area contributed by atoms with Gasteiger partial charge in [0.1, 0.15) is 11.6 Å². The molecule has 0 unspecified atom stereocenters. The highest BCUT2D eigenvalue weighted by molar-refractivity contribution is 5.90. The summed E-state index contributed by atoms with van der Waals surface area (Å²) in [5, 5.41) is 5.77. The zero-order valence-corrected chi connectivity index (χ0v) is 14.6. The van der Waals surface area contributed by atoms with Crippen LogP contribution in [0.3, 0.4) is 0 Å². The molecule has 1 aromatic carbocycles. The van der Waals surface area contributed by atoms with Gasteiger partial charge in [0.2, 0.25) is 0 Å². The molecule has 6 heteroatoms. The van der Waals surface area contributed by atoms with Crippen molar-refractivity contribution in [2.75, 3.05) is 5.32 Å². The predicted molar refractivity (Wildman–Crippen MR) is 97.9 cm³/mol. The molecule has 25 heavy (non-hydrogen) atoms. The number of rotatable bonds is 4. The molecule has 0 atom stereocenters. The lowest BCUT2D eigenvalue weighted by Crippen LogP contribution is -2.29. The molecule has 6 nitrogen and oxygen atoms in total. The van der Waals surface area contributed by atoms with E-state index in [2.05, 4.69) is 20.6 Å². The number of aryl methyl sites for hydroxylation is 3. The number of nitrogens with one attached hydrogen (secondary N) is 2. The van der Waals surface area contributed by atoms with E-state index >= 15 is 0 Å². The van der Waals surface area contributed by atoms with Crippen molar-refractivity contribution in [3.05, 3.63) is 71.4 Å². The lowest BCUT2D eigenvalue weighted by atomic mass is 10.1. The van der Waals surface area contributed by atoms with Gasteiger partial charge in [0.25, 0.3) is 0 Å². The smallest absolute Gasteiger partial charge is 0.319 e. The summed E-state index contributed by atoms with van der Waals surface area (Å²) >= 11 is 0. The molecular formula is C19H21N5O. The highest BCUT2D eigenvalue weighted by atomic mass is 16.2. The molecule has 2 amide bonds. The Morgan fingerprint density at radius 3 is 2.68 bits per heavy atom. The van der Waals surface area contributed by atoms with Crippen LogP contribution in [0.5, 0.6) is 0 Å². The van der Waals surface area contributed by atoms with E-state index in [1.54, 1.807) is 12.4 Å². The highest BCUT2D eigenvalue weighted by Gasteiger charge is 2.10. The molecule has 2 N–H and O–H groups in total. The number of benzene rings is 1. The first kappa shape index (κ1) is 16.7. The van der Waals surface area contributed by atoms with Crippen molar-refractivity contribution < 1.29 is 4.79 Å². The van der Waals surface area contributed by atoms with Crippen LogP contribution in [0, 0.1) is 20.8 Å². The zero-order chi connectivity index (χ0) is 17.8. The van der Waals surface area contributed by atoms with Gasteiger partial charge in [0.05, 0.1) is 0 Å². The average Bonchev–Trinajstić information content (AvgIpc) is 3.02. The summed E-state index contributed by atoms with van der Waals surface area (Å²) in [4.78, 5) is 20.9. The van der Waals surface area contributed by atoms with Crippen molar-refractivity contribution in [2.45, 2.75) is 27.3 Å². The summed E-state index contributed by atoms with van der Waals surface area (Å²) in [5.74, 6) is 1.61. The SMILES string of the molecule is Cc1ccc(NC(=O)NCc2cccnc2-n2ccnc2C)c(C)c1. The van der Waals surface area contributed by atoms with Gasteiger partial charge in [-0.3, -0.25) is 4.57 Å². The maximum Gasteiger partial charge on any atom is 0.319 e. The minimum absolute atomic E-state index is 0.246. The van der Waals surface area contributed by atoms with E-state index in [1.807, 2.05) is 61.9 Å². The third kappa shape index (κ3) is 3.85. The molecule has 0 aliphatic carbocycles. The largest absolute Gasteiger partial charge is 0.334 e. The van der Waals surface area contributed by atoms with Crippen LogP contribution in [0.25, 0.3) is 5.82 Å². The number of urea groups is 1. The first-order valence-corrected chi connectivity index (χ1v) is 8.11. The molecule has 0 bridgehead atoms. The van der Waals surface area contributed by atoms with E-state index in [0.717, 1.165) is 28.5 Å². The van der Waals surface area contributed by atoms with Crippen LogP contribution in [0.2, 0.25) is 0 Å². The van der Waals surface area contributed by atoms with E-state index < -0.39 is 0 Å². The van der Waals surface area contributed by atoms with Gasteiger partial charge in [-0.05, 0) is 38.5 Å². The molecular weight excluding hydrogens is 314 g/mol.